The van der Waals surface area contributed by atoms with E-state index in [1.165, 1.54) is 90.0 Å². The third-order valence-electron chi connectivity index (χ3n) is 4.06. The van der Waals surface area contributed by atoms with Crippen LogP contribution in [0.3, 0.4) is 0 Å². The average molecular weight is 251 g/mol. The van der Waals surface area contributed by atoms with E-state index in [1.54, 1.807) is 5.57 Å². The number of hydrogen-bond acceptors (Lipinski definition) is 1. The van der Waals surface area contributed by atoms with Crippen LogP contribution >= 0.6 is 0 Å². The van der Waals surface area contributed by atoms with Crippen LogP contribution in [0.4, 0.5) is 0 Å². The van der Waals surface area contributed by atoms with E-state index in [0.29, 0.717) is 0 Å². The minimum atomic E-state index is 1.18. The fraction of sp³-hybridized carbons (Fsp3) is 0.882. The lowest BCUT2D eigenvalue weighted by atomic mass is 10.00. The molecule has 0 saturated heterocycles. The van der Waals surface area contributed by atoms with E-state index in [4.69, 9.17) is 0 Å². The lowest BCUT2D eigenvalue weighted by molar-refractivity contribution is 0.583. The zero-order valence-electron chi connectivity index (χ0n) is 12.5. The van der Waals surface area contributed by atoms with Crippen molar-refractivity contribution in [2.75, 3.05) is 13.6 Å². The molecule has 0 radical (unpaired) electrons. The van der Waals surface area contributed by atoms with Gasteiger partial charge in [-0.1, -0.05) is 50.2 Å². The third kappa shape index (κ3) is 8.74. The summed E-state index contributed by atoms with van der Waals surface area (Å²) < 4.78 is 0. The van der Waals surface area contributed by atoms with Crippen LogP contribution in [0.1, 0.15) is 83.5 Å². The molecule has 0 aromatic rings. The van der Waals surface area contributed by atoms with Crippen molar-refractivity contribution in [2.45, 2.75) is 83.5 Å². The van der Waals surface area contributed by atoms with Crippen molar-refractivity contribution < 1.29 is 0 Å². The van der Waals surface area contributed by atoms with Crippen LogP contribution in [0.25, 0.3) is 0 Å². The number of nitrogens with one attached hydrogen (secondary N) is 1. The largest absolute Gasteiger partial charge is 0.320 e. The van der Waals surface area contributed by atoms with Crippen LogP contribution in [0.5, 0.6) is 0 Å². The summed E-state index contributed by atoms with van der Waals surface area (Å²) in [6, 6.07) is 0. The number of rotatable bonds is 6. The smallest absolute Gasteiger partial charge is 0.00519 e. The Labute approximate surface area is 114 Å². The van der Waals surface area contributed by atoms with E-state index in [2.05, 4.69) is 11.4 Å². The van der Waals surface area contributed by atoms with Crippen LogP contribution in [0.2, 0.25) is 0 Å². The van der Waals surface area contributed by atoms with Crippen LogP contribution in [0, 0.1) is 0 Å². The Morgan fingerprint density at radius 1 is 0.889 bits per heavy atom. The predicted molar refractivity (Wildman–Crippen MR) is 82.0 cm³/mol. The van der Waals surface area contributed by atoms with Gasteiger partial charge in [0.2, 0.25) is 0 Å². The van der Waals surface area contributed by atoms with Crippen molar-refractivity contribution in [3.63, 3.8) is 0 Å². The van der Waals surface area contributed by atoms with Gasteiger partial charge < -0.3 is 5.32 Å². The Hall–Kier alpha value is -0.300. The molecule has 0 aromatic heterocycles. The normalized spacial score (nSPS) is 21.9. The van der Waals surface area contributed by atoms with Crippen molar-refractivity contribution in [3.05, 3.63) is 11.6 Å². The van der Waals surface area contributed by atoms with Crippen LogP contribution in [-0.4, -0.2) is 13.6 Å². The van der Waals surface area contributed by atoms with Crippen LogP contribution in [0.15, 0.2) is 11.6 Å². The Balaban J connectivity index is 2.18. The first-order chi connectivity index (χ1) is 8.93. The van der Waals surface area contributed by atoms with Gasteiger partial charge in [-0.15, -0.1) is 0 Å². The molecule has 1 rings (SSSR count). The molecule has 0 atom stereocenters. The molecular formula is C17H33N. The average Bonchev–Trinajstić information content (AvgIpc) is 2.44. The molecule has 1 N–H and O–H groups in total. The summed E-state index contributed by atoms with van der Waals surface area (Å²) in [6.07, 6.45) is 20.9. The first kappa shape index (κ1) is 15.8. The summed E-state index contributed by atoms with van der Waals surface area (Å²) in [7, 11) is 2.05. The molecule has 18 heavy (non-hydrogen) atoms. The SMILES string of the molecule is CNCCCCC/C1=C\CCCCCCCCC1. The van der Waals surface area contributed by atoms with Gasteiger partial charge in [-0.3, -0.25) is 0 Å². The third-order valence-corrected chi connectivity index (χ3v) is 4.06. The molecular weight excluding hydrogens is 218 g/mol. The molecule has 0 fully saturated rings. The summed E-state index contributed by atoms with van der Waals surface area (Å²) in [6.45, 7) is 1.18. The van der Waals surface area contributed by atoms with Gasteiger partial charge in [-0.25, -0.2) is 0 Å². The maximum absolute atomic E-state index is 3.23. The lowest BCUT2D eigenvalue weighted by Gasteiger charge is -2.07. The van der Waals surface area contributed by atoms with Crippen LogP contribution < -0.4 is 5.32 Å². The maximum Gasteiger partial charge on any atom is -0.00519 e. The minimum absolute atomic E-state index is 1.18. The van der Waals surface area contributed by atoms with E-state index in [0.717, 1.165) is 0 Å². The number of hydrogen-bond donors (Lipinski definition) is 1. The van der Waals surface area contributed by atoms with Crippen molar-refractivity contribution in [1.29, 1.82) is 0 Å². The Bertz CT molecular complexity index is 208. The molecule has 0 bridgehead atoms. The minimum Gasteiger partial charge on any atom is -0.320 e. The molecule has 0 amide bonds. The summed E-state index contributed by atoms with van der Waals surface area (Å²) >= 11 is 0. The summed E-state index contributed by atoms with van der Waals surface area (Å²) in [4.78, 5) is 0. The second-order valence-corrected chi connectivity index (χ2v) is 5.79. The highest BCUT2D eigenvalue weighted by atomic mass is 14.8. The van der Waals surface area contributed by atoms with Gasteiger partial charge in [0.15, 0.2) is 0 Å². The van der Waals surface area contributed by atoms with E-state index in [9.17, 15) is 0 Å². The first-order valence-corrected chi connectivity index (χ1v) is 8.26. The van der Waals surface area contributed by atoms with Gasteiger partial charge in [-0.05, 0) is 58.5 Å². The van der Waals surface area contributed by atoms with Gasteiger partial charge in [0, 0.05) is 0 Å². The van der Waals surface area contributed by atoms with Gasteiger partial charge in [0.05, 0.1) is 0 Å². The fourth-order valence-corrected chi connectivity index (χ4v) is 2.85. The lowest BCUT2D eigenvalue weighted by Crippen LogP contribution is -2.06. The number of allylic oxidation sites excluding steroid dienone is 2. The van der Waals surface area contributed by atoms with Crippen molar-refractivity contribution in [2.24, 2.45) is 0 Å². The fourth-order valence-electron chi connectivity index (χ4n) is 2.85. The maximum atomic E-state index is 3.23. The Morgan fingerprint density at radius 2 is 1.61 bits per heavy atom. The summed E-state index contributed by atoms with van der Waals surface area (Å²) in [5.41, 5.74) is 1.77. The summed E-state index contributed by atoms with van der Waals surface area (Å²) in [5, 5.41) is 3.23. The zero-order chi connectivity index (χ0) is 12.9. The molecule has 0 unspecified atom stereocenters. The van der Waals surface area contributed by atoms with Crippen molar-refractivity contribution in [3.8, 4) is 0 Å². The molecule has 0 spiro atoms. The standard InChI is InChI=1S/C17H33N/c1-18-16-12-8-11-15-17-13-9-6-4-2-3-5-7-10-14-17/h13,18H,2-12,14-16H2,1H3/b17-13-. The quantitative estimate of drug-likeness (QED) is 0.504. The zero-order valence-corrected chi connectivity index (χ0v) is 12.5. The van der Waals surface area contributed by atoms with Crippen molar-refractivity contribution in [1.82, 2.24) is 5.32 Å². The van der Waals surface area contributed by atoms with Crippen LogP contribution in [-0.2, 0) is 0 Å². The first-order valence-electron chi connectivity index (χ1n) is 8.26. The summed E-state index contributed by atoms with van der Waals surface area (Å²) in [5.74, 6) is 0. The molecule has 1 aliphatic carbocycles. The Morgan fingerprint density at radius 3 is 2.39 bits per heavy atom. The Kier molecular flexibility index (Phi) is 10.3. The van der Waals surface area contributed by atoms with Gasteiger partial charge in [0.25, 0.3) is 0 Å². The second kappa shape index (κ2) is 11.8. The van der Waals surface area contributed by atoms with E-state index in [1.807, 2.05) is 7.05 Å². The molecule has 1 heteroatoms. The highest BCUT2D eigenvalue weighted by Crippen LogP contribution is 2.20. The number of unbranched alkanes of at least 4 members (excludes halogenated alkanes) is 2. The van der Waals surface area contributed by atoms with E-state index >= 15 is 0 Å². The molecule has 0 aliphatic heterocycles. The molecule has 1 aliphatic rings. The monoisotopic (exact) mass is 251 g/mol. The molecule has 0 aromatic carbocycles. The topological polar surface area (TPSA) is 12.0 Å². The second-order valence-electron chi connectivity index (χ2n) is 5.79. The molecule has 0 heterocycles. The van der Waals surface area contributed by atoms with E-state index < -0.39 is 0 Å². The van der Waals surface area contributed by atoms with Gasteiger partial charge >= 0.3 is 0 Å². The molecule has 0 saturated carbocycles. The molecule has 1 nitrogen and oxygen atoms in total. The van der Waals surface area contributed by atoms with E-state index in [-0.39, 0.29) is 0 Å². The highest BCUT2D eigenvalue weighted by molar-refractivity contribution is 5.02. The van der Waals surface area contributed by atoms with Gasteiger partial charge in [-0.2, -0.15) is 0 Å². The van der Waals surface area contributed by atoms with Crippen molar-refractivity contribution >= 4 is 0 Å². The highest BCUT2D eigenvalue weighted by Gasteiger charge is 2.01. The molecule has 106 valence electrons. The predicted octanol–water partition coefficient (Wildman–Crippen LogP) is 5.22. The van der Waals surface area contributed by atoms with Gasteiger partial charge in [0.1, 0.15) is 0 Å².